The second-order valence-corrected chi connectivity index (χ2v) is 7.49. The Labute approximate surface area is 165 Å². The molecule has 0 bridgehead atoms. The van der Waals surface area contributed by atoms with Crippen molar-refractivity contribution in [3.8, 4) is 5.75 Å². The number of rotatable bonds is 5. The summed E-state index contributed by atoms with van der Waals surface area (Å²) in [7, 11) is -3.11. The molecule has 28 heavy (non-hydrogen) atoms. The molecule has 0 saturated heterocycles. The van der Waals surface area contributed by atoms with E-state index in [1.54, 1.807) is 30.3 Å². The number of thiol groups is 1. The number of hydrogen-bond donors (Lipinski definition) is 1. The lowest BCUT2D eigenvalue weighted by Gasteiger charge is -2.12. The van der Waals surface area contributed by atoms with E-state index in [0.29, 0.717) is 10.8 Å². The van der Waals surface area contributed by atoms with E-state index in [1.165, 1.54) is 42.1 Å². The molecule has 0 N–H and O–H groups in total. The van der Waals surface area contributed by atoms with Gasteiger partial charge in [-0.05, 0) is 29.8 Å². The Balaban J connectivity index is 2.07. The highest BCUT2D eigenvalue weighted by molar-refractivity contribution is 7.98. The van der Waals surface area contributed by atoms with E-state index >= 15 is 0 Å². The molecule has 0 saturated carbocycles. The molecule has 0 fully saturated rings. The van der Waals surface area contributed by atoms with Gasteiger partial charge in [0.25, 0.3) is 0 Å². The molecule has 9 heteroatoms. The van der Waals surface area contributed by atoms with Crippen molar-refractivity contribution in [1.82, 2.24) is 0 Å². The Morgan fingerprint density at radius 1 is 1.00 bits per heavy atom. The van der Waals surface area contributed by atoms with Crippen molar-refractivity contribution < 1.29 is 26.4 Å². The molecule has 3 rings (SSSR count). The SMILES string of the molecule is CSc1ccc(C(=NOc2ccc3ccccc3c2[SH](=O)=O)C(F)(F)F)cc1. The van der Waals surface area contributed by atoms with Gasteiger partial charge >= 0.3 is 6.18 Å². The van der Waals surface area contributed by atoms with Gasteiger partial charge < -0.3 is 4.84 Å². The monoisotopic (exact) mass is 425 g/mol. The van der Waals surface area contributed by atoms with E-state index in [9.17, 15) is 21.6 Å². The van der Waals surface area contributed by atoms with Crippen LogP contribution in [-0.4, -0.2) is 26.6 Å². The fourth-order valence-electron chi connectivity index (χ4n) is 2.61. The number of alkyl halides is 3. The molecule has 0 atom stereocenters. The lowest BCUT2D eigenvalue weighted by Crippen LogP contribution is -2.25. The Kier molecular flexibility index (Phi) is 5.95. The van der Waals surface area contributed by atoms with Gasteiger partial charge in [-0.15, -0.1) is 11.8 Å². The van der Waals surface area contributed by atoms with Gasteiger partial charge in [-0.2, -0.15) is 13.2 Å². The molecule has 0 heterocycles. The Morgan fingerprint density at radius 3 is 2.29 bits per heavy atom. The second-order valence-electron chi connectivity index (χ2n) is 5.65. The first-order valence-corrected chi connectivity index (χ1v) is 10.3. The van der Waals surface area contributed by atoms with E-state index in [2.05, 4.69) is 5.16 Å². The third-order valence-electron chi connectivity index (χ3n) is 3.91. The molecule has 0 aromatic heterocycles. The summed E-state index contributed by atoms with van der Waals surface area (Å²) in [6.07, 6.45) is -2.97. The van der Waals surface area contributed by atoms with Gasteiger partial charge in [-0.25, -0.2) is 8.42 Å². The van der Waals surface area contributed by atoms with Crippen LogP contribution in [0.2, 0.25) is 0 Å². The first-order valence-electron chi connectivity index (χ1n) is 7.94. The molecule has 0 amide bonds. The van der Waals surface area contributed by atoms with E-state index in [0.717, 1.165) is 4.90 Å². The molecule has 0 unspecified atom stereocenters. The average Bonchev–Trinajstić information content (AvgIpc) is 2.67. The molecular weight excluding hydrogens is 411 g/mol. The van der Waals surface area contributed by atoms with Gasteiger partial charge in [0.15, 0.2) is 22.2 Å². The summed E-state index contributed by atoms with van der Waals surface area (Å²) >= 11 is 1.39. The van der Waals surface area contributed by atoms with E-state index in [1.807, 2.05) is 6.26 Å². The summed E-state index contributed by atoms with van der Waals surface area (Å²) < 4.78 is 63.8. The molecule has 0 aliphatic heterocycles. The fourth-order valence-corrected chi connectivity index (χ4v) is 3.71. The first kappa shape index (κ1) is 20.2. The van der Waals surface area contributed by atoms with Crippen LogP contribution in [0.4, 0.5) is 13.2 Å². The maximum atomic E-state index is 13.5. The van der Waals surface area contributed by atoms with Crippen LogP contribution < -0.4 is 4.84 Å². The minimum Gasteiger partial charge on any atom is -0.355 e. The highest BCUT2D eigenvalue weighted by Gasteiger charge is 2.38. The minimum atomic E-state index is -4.78. The molecule has 0 spiro atoms. The van der Waals surface area contributed by atoms with Gasteiger partial charge in [0, 0.05) is 15.8 Å². The second kappa shape index (κ2) is 8.24. The summed E-state index contributed by atoms with van der Waals surface area (Å²) in [4.78, 5) is 5.57. The third-order valence-corrected chi connectivity index (χ3v) is 5.48. The van der Waals surface area contributed by atoms with Gasteiger partial charge in [0.1, 0.15) is 4.90 Å². The van der Waals surface area contributed by atoms with Gasteiger partial charge in [0.05, 0.1) is 0 Å². The zero-order chi connectivity index (χ0) is 20.3. The Bertz CT molecular complexity index is 1100. The summed E-state index contributed by atoms with van der Waals surface area (Å²) in [6.45, 7) is 0. The summed E-state index contributed by atoms with van der Waals surface area (Å²) in [5.74, 6) is -0.266. The van der Waals surface area contributed by atoms with Crippen LogP contribution in [0.25, 0.3) is 10.8 Å². The fraction of sp³-hybridized carbons (Fsp3) is 0.105. The number of oxime groups is 1. The summed E-state index contributed by atoms with van der Waals surface area (Å²) in [5.41, 5.74) is -1.43. The van der Waals surface area contributed by atoms with Crippen molar-refractivity contribution in [2.24, 2.45) is 5.16 Å². The van der Waals surface area contributed by atoms with Crippen molar-refractivity contribution in [1.29, 1.82) is 0 Å². The summed E-state index contributed by atoms with van der Waals surface area (Å²) in [6, 6.07) is 15.1. The number of hydrogen-bond acceptors (Lipinski definition) is 5. The first-order chi connectivity index (χ1) is 13.3. The van der Waals surface area contributed by atoms with Crippen molar-refractivity contribution in [2.45, 2.75) is 16.0 Å². The molecule has 146 valence electrons. The molecule has 4 nitrogen and oxygen atoms in total. The molecule has 3 aromatic rings. The Hall–Kier alpha value is -2.52. The van der Waals surface area contributed by atoms with Crippen molar-refractivity contribution in [3.05, 3.63) is 66.2 Å². The van der Waals surface area contributed by atoms with E-state index in [-0.39, 0.29) is 16.2 Å². The van der Waals surface area contributed by atoms with Crippen molar-refractivity contribution >= 4 is 39.0 Å². The molecular formula is C19H14F3NO3S2. The predicted octanol–water partition coefficient (Wildman–Crippen LogP) is 4.88. The molecule has 0 radical (unpaired) electrons. The number of halogens is 3. The van der Waals surface area contributed by atoms with Crippen LogP contribution >= 0.6 is 11.8 Å². The number of fused-ring (bicyclic) bond motifs is 1. The lowest BCUT2D eigenvalue weighted by atomic mass is 10.1. The van der Waals surface area contributed by atoms with Gasteiger partial charge in [-0.1, -0.05) is 47.6 Å². The smallest absolute Gasteiger partial charge is 0.355 e. The predicted molar refractivity (Wildman–Crippen MR) is 104 cm³/mol. The lowest BCUT2D eigenvalue weighted by molar-refractivity contribution is -0.0598. The highest BCUT2D eigenvalue weighted by Crippen LogP contribution is 2.31. The molecule has 0 aliphatic rings. The standard InChI is InChI=1S/C19H14F3NO3S2/c1-27-14-9-6-13(7-10-14)18(19(20,21)22)23-26-16-11-8-12-4-2-3-5-15(12)17(16)28(24)25/h2-11,28H,1H3. The van der Waals surface area contributed by atoms with Crippen LogP contribution in [0.3, 0.4) is 0 Å². The van der Waals surface area contributed by atoms with Crippen LogP contribution in [0.5, 0.6) is 5.75 Å². The van der Waals surface area contributed by atoms with E-state index in [4.69, 9.17) is 4.84 Å². The van der Waals surface area contributed by atoms with Crippen LogP contribution in [0.1, 0.15) is 5.56 Å². The zero-order valence-corrected chi connectivity index (χ0v) is 16.1. The van der Waals surface area contributed by atoms with Crippen LogP contribution in [-0.2, 0) is 10.7 Å². The number of benzene rings is 3. The largest absolute Gasteiger partial charge is 0.437 e. The normalized spacial score (nSPS) is 12.5. The third kappa shape index (κ3) is 4.31. The number of nitrogens with zero attached hydrogens (tertiary/aromatic N) is 1. The Morgan fingerprint density at radius 2 is 1.68 bits per heavy atom. The maximum absolute atomic E-state index is 13.5. The topological polar surface area (TPSA) is 55.7 Å². The minimum absolute atomic E-state index is 0.181. The highest BCUT2D eigenvalue weighted by atomic mass is 32.2. The van der Waals surface area contributed by atoms with Crippen molar-refractivity contribution in [2.75, 3.05) is 6.26 Å². The molecule has 0 aliphatic carbocycles. The average molecular weight is 425 g/mol. The van der Waals surface area contributed by atoms with Crippen LogP contribution in [0.15, 0.2) is 75.6 Å². The van der Waals surface area contributed by atoms with E-state index < -0.39 is 22.6 Å². The van der Waals surface area contributed by atoms with Crippen LogP contribution in [0, 0.1) is 0 Å². The quantitative estimate of drug-likeness (QED) is 0.274. The van der Waals surface area contributed by atoms with Crippen molar-refractivity contribution in [3.63, 3.8) is 0 Å². The maximum Gasteiger partial charge on any atom is 0.437 e. The number of thioether (sulfide) groups is 1. The zero-order valence-electron chi connectivity index (χ0n) is 14.4. The summed E-state index contributed by atoms with van der Waals surface area (Å²) in [5, 5.41) is 4.23. The molecule has 3 aromatic carbocycles. The van der Waals surface area contributed by atoms with Gasteiger partial charge in [0.2, 0.25) is 0 Å². The van der Waals surface area contributed by atoms with Gasteiger partial charge in [-0.3, -0.25) is 0 Å².